The maximum atomic E-state index is 13.1. The van der Waals surface area contributed by atoms with Gasteiger partial charge in [0.1, 0.15) is 12.0 Å². The summed E-state index contributed by atoms with van der Waals surface area (Å²) in [5.41, 5.74) is 3.05. The highest BCUT2D eigenvalue weighted by Gasteiger charge is 2.50. The number of hydrogen-bond acceptors (Lipinski definition) is 6. The van der Waals surface area contributed by atoms with Gasteiger partial charge in [-0.3, -0.25) is 9.69 Å². The summed E-state index contributed by atoms with van der Waals surface area (Å²) in [5, 5.41) is 6.96. The number of carbonyl (C=O) groups excluding carboxylic acids is 1. The second-order valence-corrected chi connectivity index (χ2v) is 8.54. The maximum Gasteiger partial charge on any atom is 0.225 e. The van der Waals surface area contributed by atoms with Crippen molar-refractivity contribution < 1.29 is 14.1 Å². The lowest BCUT2D eigenvalue weighted by Gasteiger charge is -2.37. The zero-order valence-electron chi connectivity index (χ0n) is 17.4. The van der Waals surface area contributed by atoms with E-state index in [9.17, 15) is 4.79 Å². The third-order valence-corrected chi connectivity index (χ3v) is 6.60. The predicted molar refractivity (Wildman–Crippen MR) is 113 cm³/mol. The molecule has 4 heterocycles. The summed E-state index contributed by atoms with van der Waals surface area (Å²) in [6, 6.07) is 10.3. The van der Waals surface area contributed by atoms with Crippen molar-refractivity contribution in [3.8, 4) is 5.69 Å². The number of hydrogen-bond donors (Lipinski definition) is 1. The Morgan fingerprint density at radius 2 is 2.03 bits per heavy atom. The molecule has 1 amide bonds. The van der Waals surface area contributed by atoms with Crippen LogP contribution >= 0.6 is 0 Å². The number of ether oxygens (including phenoxy) is 1. The van der Waals surface area contributed by atoms with Gasteiger partial charge in [0, 0.05) is 62.4 Å². The Morgan fingerprint density at radius 3 is 2.74 bits per heavy atom. The van der Waals surface area contributed by atoms with Crippen LogP contribution in [0.15, 0.2) is 59.8 Å². The summed E-state index contributed by atoms with van der Waals surface area (Å²) in [6.45, 7) is 4.35. The van der Waals surface area contributed by atoms with Crippen LogP contribution in [0.4, 0.5) is 0 Å². The standard InChI is InChI=1S/C23H27N5O3/c29-22(25-13-19-5-10-31-26-19)21-15-27(16-23(21)6-11-30-12-7-23)14-18-1-3-20(4-2-18)28-9-8-24-17-28/h1-5,8-10,17,21H,6-7,11-16H2,(H,25,29). The minimum absolute atomic E-state index is 0.0249. The Morgan fingerprint density at radius 1 is 1.19 bits per heavy atom. The minimum atomic E-state index is -0.0477. The zero-order chi connectivity index (χ0) is 21.1. The van der Waals surface area contributed by atoms with E-state index < -0.39 is 0 Å². The van der Waals surface area contributed by atoms with Crippen molar-refractivity contribution in [1.82, 2.24) is 24.9 Å². The van der Waals surface area contributed by atoms with Crippen LogP contribution in [0.5, 0.6) is 0 Å². The van der Waals surface area contributed by atoms with Gasteiger partial charge in [0.05, 0.1) is 18.8 Å². The highest BCUT2D eigenvalue weighted by atomic mass is 16.5. The van der Waals surface area contributed by atoms with Crippen LogP contribution in [0.3, 0.4) is 0 Å². The Hall–Kier alpha value is -2.97. The van der Waals surface area contributed by atoms with Crippen molar-refractivity contribution in [1.29, 1.82) is 0 Å². The SMILES string of the molecule is O=C(NCc1ccon1)C1CN(Cc2ccc(-n3ccnc3)cc2)CC12CCOCC2. The monoisotopic (exact) mass is 421 g/mol. The van der Waals surface area contributed by atoms with Crippen LogP contribution in [0.25, 0.3) is 5.69 Å². The molecule has 31 heavy (non-hydrogen) atoms. The quantitative estimate of drug-likeness (QED) is 0.658. The molecule has 8 nitrogen and oxygen atoms in total. The van der Waals surface area contributed by atoms with Crippen molar-refractivity contribution in [3.63, 3.8) is 0 Å². The van der Waals surface area contributed by atoms with Crippen molar-refractivity contribution in [2.75, 3.05) is 26.3 Å². The van der Waals surface area contributed by atoms with Crippen LogP contribution in [-0.4, -0.2) is 51.8 Å². The first kappa shape index (κ1) is 20.0. The lowest BCUT2D eigenvalue weighted by Crippen LogP contribution is -2.44. The molecule has 5 rings (SSSR count). The second kappa shape index (κ2) is 8.64. The second-order valence-electron chi connectivity index (χ2n) is 8.54. The fourth-order valence-electron chi connectivity index (χ4n) is 4.91. The first-order chi connectivity index (χ1) is 15.2. The molecule has 0 aliphatic carbocycles. The summed E-state index contributed by atoms with van der Waals surface area (Å²) < 4.78 is 12.5. The molecule has 2 aliphatic rings. The molecule has 1 atom stereocenters. The Labute approximate surface area is 181 Å². The Bertz CT molecular complexity index is 979. The molecule has 0 saturated carbocycles. The Balaban J connectivity index is 1.27. The number of rotatable bonds is 6. The normalized spacial score (nSPS) is 20.8. The molecule has 2 aromatic heterocycles. The first-order valence-corrected chi connectivity index (χ1v) is 10.8. The topological polar surface area (TPSA) is 85.4 Å². The van der Waals surface area contributed by atoms with E-state index in [1.807, 2.05) is 10.8 Å². The molecular formula is C23H27N5O3. The van der Waals surface area contributed by atoms with Gasteiger partial charge < -0.3 is 19.1 Å². The largest absolute Gasteiger partial charge is 0.381 e. The Kier molecular flexibility index (Phi) is 5.57. The van der Waals surface area contributed by atoms with Gasteiger partial charge in [-0.05, 0) is 30.5 Å². The van der Waals surface area contributed by atoms with Crippen LogP contribution in [0.2, 0.25) is 0 Å². The molecule has 1 N–H and O–H groups in total. The van der Waals surface area contributed by atoms with Crippen LogP contribution in [-0.2, 0) is 22.6 Å². The van der Waals surface area contributed by atoms with Crippen molar-refractivity contribution in [3.05, 3.63) is 66.6 Å². The minimum Gasteiger partial charge on any atom is -0.381 e. The zero-order valence-corrected chi connectivity index (χ0v) is 17.4. The average molecular weight is 422 g/mol. The molecule has 0 radical (unpaired) electrons. The van der Waals surface area contributed by atoms with E-state index in [0.29, 0.717) is 6.54 Å². The van der Waals surface area contributed by atoms with E-state index >= 15 is 0 Å². The number of benzene rings is 1. The number of carbonyl (C=O) groups is 1. The third-order valence-electron chi connectivity index (χ3n) is 6.60. The van der Waals surface area contributed by atoms with E-state index in [2.05, 4.69) is 44.6 Å². The number of amides is 1. The fraction of sp³-hybridized carbons (Fsp3) is 0.435. The van der Waals surface area contributed by atoms with Gasteiger partial charge in [-0.2, -0.15) is 0 Å². The molecule has 2 fully saturated rings. The molecule has 1 spiro atoms. The van der Waals surface area contributed by atoms with Gasteiger partial charge in [0.25, 0.3) is 0 Å². The van der Waals surface area contributed by atoms with Crippen LogP contribution < -0.4 is 5.32 Å². The summed E-state index contributed by atoms with van der Waals surface area (Å²) in [7, 11) is 0. The number of imidazole rings is 1. The number of nitrogens with one attached hydrogen (secondary N) is 1. The maximum absolute atomic E-state index is 13.1. The summed E-state index contributed by atoms with van der Waals surface area (Å²) >= 11 is 0. The van der Waals surface area contributed by atoms with Gasteiger partial charge in [0.2, 0.25) is 5.91 Å². The van der Waals surface area contributed by atoms with E-state index in [-0.39, 0.29) is 17.2 Å². The molecule has 162 valence electrons. The van der Waals surface area contributed by atoms with Crippen molar-refractivity contribution in [2.24, 2.45) is 11.3 Å². The van der Waals surface area contributed by atoms with E-state index in [0.717, 1.165) is 57.1 Å². The van der Waals surface area contributed by atoms with Gasteiger partial charge >= 0.3 is 0 Å². The number of aromatic nitrogens is 3. The first-order valence-electron chi connectivity index (χ1n) is 10.8. The smallest absolute Gasteiger partial charge is 0.225 e. The van der Waals surface area contributed by atoms with Gasteiger partial charge in [-0.25, -0.2) is 4.98 Å². The van der Waals surface area contributed by atoms with Crippen LogP contribution in [0.1, 0.15) is 24.1 Å². The fourth-order valence-corrected chi connectivity index (χ4v) is 4.91. The predicted octanol–water partition coefficient (Wildman–Crippen LogP) is 2.41. The third kappa shape index (κ3) is 4.26. The van der Waals surface area contributed by atoms with E-state index in [4.69, 9.17) is 9.26 Å². The molecule has 2 saturated heterocycles. The number of nitrogens with zero attached hydrogens (tertiary/aromatic N) is 4. The molecular weight excluding hydrogens is 394 g/mol. The summed E-state index contributed by atoms with van der Waals surface area (Å²) in [4.78, 5) is 19.7. The highest BCUT2D eigenvalue weighted by Crippen LogP contribution is 2.44. The highest BCUT2D eigenvalue weighted by molar-refractivity contribution is 5.80. The molecule has 0 bridgehead atoms. The lowest BCUT2D eigenvalue weighted by atomic mass is 9.71. The van der Waals surface area contributed by atoms with E-state index in [1.54, 1.807) is 18.6 Å². The van der Waals surface area contributed by atoms with Crippen LogP contribution in [0, 0.1) is 11.3 Å². The van der Waals surface area contributed by atoms with Gasteiger partial charge in [0.15, 0.2) is 0 Å². The van der Waals surface area contributed by atoms with Crippen molar-refractivity contribution >= 4 is 5.91 Å². The summed E-state index contributed by atoms with van der Waals surface area (Å²) in [6.07, 6.45) is 8.88. The molecule has 3 aromatic rings. The van der Waals surface area contributed by atoms with Gasteiger partial charge in [-0.15, -0.1) is 0 Å². The molecule has 1 unspecified atom stereocenters. The molecule has 8 heteroatoms. The summed E-state index contributed by atoms with van der Waals surface area (Å²) in [5.74, 6) is 0.0522. The van der Waals surface area contributed by atoms with Gasteiger partial charge in [-0.1, -0.05) is 17.3 Å². The number of likely N-dealkylation sites (tertiary alicyclic amines) is 1. The molecule has 1 aromatic carbocycles. The van der Waals surface area contributed by atoms with E-state index in [1.165, 1.54) is 11.8 Å². The average Bonchev–Trinajstić information content (AvgIpc) is 3.56. The van der Waals surface area contributed by atoms with Crippen molar-refractivity contribution in [2.45, 2.75) is 25.9 Å². The lowest BCUT2D eigenvalue weighted by molar-refractivity contribution is -0.130. The molecule has 2 aliphatic heterocycles.